The lowest BCUT2D eigenvalue weighted by molar-refractivity contribution is -0.138. The molecular formula is C12H24N2O2. The molecule has 0 radical (unpaired) electrons. The predicted molar refractivity (Wildman–Crippen MR) is 66.4 cm³/mol. The Labute approximate surface area is 98.6 Å². The highest BCUT2D eigenvalue weighted by Crippen LogP contribution is 1.94. The average Bonchev–Trinajstić information content (AvgIpc) is 2.22. The van der Waals surface area contributed by atoms with Gasteiger partial charge in [0, 0.05) is 12.1 Å². The van der Waals surface area contributed by atoms with E-state index in [1.807, 2.05) is 0 Å². The van der Waals surface area contributed by atoms with Crippen LogP contribution in [0.2, 0.25) is 0 Å². The molecule has 0 aliphatic heterocycles. The molecule has 0 aromatic rings. The van der Waals surface area contributed by atoms with Gasteiger partial charge in [-0.2, -0.15) is 0 Å². The number of hydrogen-bond donors (Lipinski definition) is 1. The van der Waals surface area contributed by atoms with Crippen molar-refractivity contribution in [3.63, 3.8) is 0 Å². The summed E-state index contributed by atoms with van der Waals surface area (Å²) in [6.45, 7) is 8.39. The summed E-state index contributed by atoms with van der Waals surface area (Å²) in [7, 11) is 4.13. The first-order valence-electron chi connectivity index (χ1n) is 5.78. The van der Waals surface area contributed by atoms with E-state index in [0.29, 0.717) is 18.7 Å². The molecule has 0 aromatic carbocycles. The second-order valence-electron chi connectivity index (χ2n) is 4.01. The minimum absolute atomic E-state index is 0.303. The quantitative estimate of drug-likeness (QED) is 0.364. The van der Waals surface area contributed by atoms with Gasteiger partial charge in [-0.1, -0.05) is 6.58 Å². The van der Waals surface area contributed by atoms with Gasteiger partial charge in [0.05, 0.1) is 6.61 Å². The van der Waals surface area contributed by atoms with Gasteiger partial charge in [-0.25, -0.2) is 4.79 Å². The number of rotatable bonds is 9. The molecule has 0 saturated heterocycles. The zero-order valence-corrected chi connectivity index (χ0v) is 10.7. The maximum absolute atomic E-state index is 11.2. The predicted octanol–water partition coefficient (Wildman–Crippen LogP) is 1.04. The molecule has 0 amide bonds. The lowest BCUT2D eigenvalue weighted by Gasteiger charge is -2.10. The molecule has 0 heterocycles. The Balaban J connectivity index is 3.38. The van der Waals surface area contributed by atoms with Crippen LogP contribution < -0.4 is 5.32 Å². The third-order valence-corrected chi connectivity index (χ3v) is 2.11. The number of carbonyl (C=O) groups excluding carboxylic acids is 1. The van der Waals surface area contributed by atoms with E-state index in [0.717, 1.165) is 25.9 Å². The Morgan fingerprint density at radius 2 is 2.06 bits per heavy atom. The summed E-state index contributed by atoms with van der Waals surface area (Å²) in [6, 6.07) is 0. The summed E-state index contributed by atoms with van der Waals surface area (Å²) in [5, 5.41) is 3.18. The fourth-order valence-corrected chi connectivity index (χ4v) is 1.22. The van der Waals surface area contributed by atoms with Crippen molar-refractivity contribution in [3.8, 4) is 0 Å². The molecule has 0 aliphatic rings. The second kappa shape index (κ2) is 9.36. The number of ether oxygens (including phenoxy) is 1. The highest BCUT2D eigenvalue weighted by Gasteiger charge is 2.05. The van der Waals surface area contributed by atoms with Crippen molar-refractivity contribution in [2.45, 2.75) is 19.8 Å². The van der Waals surface area contributed by atoms with Crippen molar-refractivity contribution in [2.24, 2.45) is 0 Å². The summed E-state index contributed by atoms with van der Waals surface area (Å²) < 4.78 is 4.83. The Bertz CT molecular complexity index is 215. The topological polar surface area (TPSA) is 41.6 Å². The van der Waals surface area contributed by atoms with Crippen molar-refractivity contribution in [2.75, 3.05) is 40.3 Å². The van der Waals surface area contributed by atoms with E-state index in [9.17, 15) is 4.79 Å². The third-order valence-electron chi connectivity index (χ3n) is 2.11. The monoisotopic (exact) mass is 228 g/mol. The van der Waals surface area contributed by atoms with E-state index in [2.05, 4.69) is 30.9 Å². The standard InChI is InChI=1S/C12H24N2O2/c1-5-16-12(15)11(2)10-13-8-6-7-9-14(3)4/h13H,2,5-10H2,1,3-4H3. The van der Waals surface area contributed by atoms with Gasteiger partial charge in [-0.3, -0.25) is 0 Å². The fraction of sp³-hybridized carbons (Fsp3) is 0.750. The maximum atomic E-state index is 11.2. The molecule has 0 rings (SSSR count). The Kier molecular flexibility index (Phi) is 8.85. The Hall–Kier alpha value is -0.870. The molecule has 94 valence electrons. The number of nitrogens with zero attached hydrogens (tertiary/aromatic N) is 1. The van der Waals surface area contributed by atoms with Crippen LogP contribution in [0, 0.1) is 0 Å². The molecule has 0 saturated carbocycles. The minimum atomic E-state index is -0.303. The number of esters is 1. The molecule has 0 unspecified atom stereocenters. The van der Waals surface area contributed by atoms with Gasteiger partial charge in [0.1, 0.15) is 0 Å². The number of hydrogen-bond acceptors (Lipinski definition) is 4. The van der Waals surface area contributed by atoms with Crippen LogP contribution in [0.3, 0.4) is 0 Å². The van der Waals surface area contributed by atoms with Crippen molar-refractivity contribution in [1.82, 2.24) is 10.2 Å². The van der Waals surface area contributed by atoms with E-state index in [1.54, 1.807) is 6.92 Å². The summed E-state index contributed by atoms with van der Waals surface area (Å²) in [6.07, 6.45) is 2.26. The normalized spacial score (nSPS) is 10.5. The molecule has 0 fully saturated rings. The van der Waals surface area contributed by atoms with E-state index < -0.39 is 0 Å². The van der Waals surface area contributed by atoms with E-state index in [-0.39, 0.29) is 5.97 Å². The van der Waals surface area contributed by atoms with Crippen LogP contribution in [0.4, 0.5) is 0 Å². The first-order valence-corrected chi connectivity index (χ1v) is 5.78. The van der Waals surface area contributed by atoms with Crippen molar-refractivity contribution < 1.29 is 9.53 Å². The van der Waals surface area contributed by atoms with Crippen LogP contribution in [0.25, 0.3) is 0 Å². The van der Waals surface area contributed by atoms with Crippen molar-refractivity contribution in [3.05, 3.63) is 12.2 Å². The van der Waals surface area contributed by atoms with Crippen LogP contribution in [0.1, 0.15) is 19.8 Å². The van der Waals surface area contributed by atoms with E-state index in [4.69, 9.17) is 4.74 Å². The molecular weight excluding hydrogens is 204 g/mol. The molecule has 16 heavy (non-hydrogen) atoms. The van der Waals surface area contributed by atoms with Crippen molar-refractivity contribution >= 4 is 5.97 Å². The number of unbranched alkanes of at least 4 members (excludes halogenated alkanes) is 1. The van der Waals surface area contributed by atoms with Crippen LogP contribution in [-0.4, -0.2) is 51.2 Å². The summed E-state index contributed by atoms with van der Waals surface area (Å²) in [5.74, 6) is -0.303. The zero-order chi connectivity index (χ0) is 12.4. The highest BCUT2D eigenvalue weighted by atomic mass is 16.5. The average molecular weight is 228 g/mol. The molecule has 1 N–H and O–H groups in total. The minimum Gasteiger partial charge on any atom is -0.463 e. The summed E-state index contributed by atoms with van der Waals surface area (Å²) in [4.78, 5) is 13.3. The molecule has 0 aromatic heterocycles. The SMILES string of the molecule is C=C(CNCCCCN(C)C)C(=O)OCC. The van der Waals surface area contributed by atoms with Crippen LogP contribution in [0.5, 0.6) is 0 Å². The molecule has 0 aliphatic carbocycles. The van der Waals surface area contributed by atoms with Gasteiger partial charge < -0.3 is 15.0 Å². The fourth-order valence-electron chi connectivity index (χ4n) is 1.22. The number of carbonyl (C=O) groups is 1. The summed E-state index contributed by atoms with van der Waals surface area (Å²) >= 11 is 0. The maximum Gasteiger partial charge on any atom is 0.334 e. The van der Waals surface area contributed by atoms with Gasteiger partial charge >= 0.3 is 5.97 Å². The molecule has 4 nitrogen and oxygen atoms in total. The summed E-state index contributed by atoms with van der Waals surface area (Å²) in [5.41, 5.74) is 0.495. The van der Waals surface area contributed by atoms with Gasteiger partial charge in [-0.05, 0) is 47.0 Å². The molecule has 0 spiro atoms. The molecule has 4 heteroatoms. The zero-order valence-electron chi connectivity index (χ0n) is 10.7. The first kappa shape index (κ1) is 15.1. The van der Waals surface area contributed by atoms with Crippen LogP contribution >= 0.6 is 0 Å². The van der Waals surface area contributed by atoms with E-state index >= 15 is 0 Å². The lowest BCUT2D eigenvalue weighted by atomic mass is 10.2. The Morgan fingerprint density at radius 1 is 1.38 bits per heavy atom. The van der Waals surface area contributed by atoms with Crippen molar-refractivity contribution in [1.29, 1.82) is 0 Å². The van der Waals surface area contributed by atoms with Gasteiger partial charge in [0.25, 0.3) is 0 Å². The van der Waals surface area contributed by atoms with Crippen LogP contribution in [-0.2, 0) is 9.53 Å². The first-order chi connectivity index (χ1) is 7.57. The van der Waals surface area contributed by atoms with Gasteiger partial charge in [-0.15, -0.1) is 0 Å². The molecule has 0 bridgehead atoms. The van der Waals surface area contributed by atoms with E-state index in [1.165, 1.54) is 0 Å². The van der Waals surface area contributed by atoms with Crippen LogP contribution in [0.15, 0.2) is 12.2 Å². The highest BCUT2D eigenvalue weighted by molar-refractivity contribution is 5.88. The largest absolute Gasteiger partial charge is 0.463 e. The Morgan fingerprint density at radius 3 is 2.62 bits per heavy atom. The smallest absolute Gasteiger partial charge is 0.334 e. The van der Waals surface area contributed by atoms with Gasteiger partial charge in [0.15, 0.2) is 0 Å². The molecule has 0 atom stereocenters. The van der Waals surface area contributed by atoms with Gasteiger partial charge in [0.2, 0.25) is 0 Å². The lowest BCUT2D eigenvalue weighted by Crippen LogP contribution is -2.23. The number of nitrogens with one attached hydrogen (secondary N) is 1. The third kappa shape index (κ3) is 8.44. The second-order valence-corrected chi connectivity index (χ2v) is 4.01.